The fourth-order valence-corrected chi connectivity index (χ4v) is 1.35. The maximum absolute atomic E-state index is 11.5. The molecule has 8 nitrogen and oxygen atoms in total. The van der Waals surface area contributed by atoms with Crippen LogP contribution in [0.4, 0.5) is 11.6 Å². The SMILES string of the molecule is O=c1nnccc2c1NNc1ncnn1-2. The van der Waals surface area contributed by atoms with Gasteiger partial charge in [0.2, 0.25) is 5.95 Å². The van der Waals surface area contributed by atoms with Crippen LogP contribution in [-0.2, 0) is 0 Å². The molecule has 0 saturated heterocycles. The smallest absolute Gasteiger partial charge is 0.291 e. The molecule has 0 aromatic carbocycles. The third kappa shape index (κ3) is 1.04. The second kappa shape index (κ2) is 2.74. The monoisotopic (exact) mass is 203 g/mol. The number of nitrogens with one attached hydrogen (secondary N) is 2. The Labute approximate surface area is 83.0 Å². The Balaban J connectivity index is 2.40. The zero-order chi connectivity index (χ0) is 10.3. The molecule has 0 unspecified atom stereocenters. The van der Waals surface area contributed by atoms with Crippen LogP contribution in [0.25, 0.3) is 5.69 Å². The lowest BCUT2D eigenvalue weighted by atomic mass is 10.3. The van der Waals surface area contributed by atoms with Crippen LogP contribution in [0.5, 0.6) is 0 Å². The molecule has 0 radical (unpaired) electrons. The minimum Gasteiger partial charge on any atom is -0.291 e. The van der Waals surface area contributed by atoms with Gasteiger partial charge in [-0.05, 0) is 6.07 Å². The van der Waals surface area contributed by atoms with Crippen molar-refractivity contribution in [1.82, 2.24) is 25.0 Å². The van der Waals surface area contributed by atoms with Crippen LogP contribution in [0.1, 0.15) is 0 Å². The van der Waals surface area contributed by atoms with E-state index in [4.69, 9.17) is 0 Å². The van der Waals surface area contributed by atoms with E-state index in [9.17, 15) is 4.79 Å². The van der Waals surface area contributed by atoms with Crippen molar-refractivity contribution in [2.45, 2.75) is 0 Å². The van der Waals surface area contributed by atoms with Crippen molar-refractivity contribution >= 4 is 11.6 Å². The molecule has 2 N–H and O–H groups in total. The van der Waals surface area contributed by atoms with E-state index in [-0.39, 0.29) is 0 Å². The largest absolute Gasteiger partial charge is 0.315 e. The normalized spacial score (nSPS) is 12.0. The van der Waals surface area contributed by atoms with E-state index in [2.05, 4.69) is 31.1 Å². The van der Waals surface area contributed by atoms with Crippen LogP contribution in [0.15, 0.2) is 23.4 Å². The summed E-state index contributed by atoms with van der Waals surface area (Å²) in [6, 6.07) is 1.63. The van der Waals surface area contributed by atoms with E-state index >= 15 is 0 Å². The van der Waals surface area contributed by atoms with E-state index in [0.717, 1.165) is 0 Å². The number of hydrogen-bond donors (Lipinski definition) is 2. The van der Waals surface area contributed by atoms with Crippen LogP contribution < -0.4 is 16.4 Å². The highest BCUT2D eigenvalue weighted by Crippen LogP contribution is 2.20. The molecule has 3 heterocycles. The Morgan fingerprint density at radius 2 is 2.27 bits per heavy atom. The molecular weight excluding hydrogens is 198 g/mol. The van der Waals surface area contributed by atoms with Crippen LogP contribution >= 0.6 is 0 Å². The maximum Gasteiger partial charge on any atom is 0.315 e. The van der Waals surface area contributed by atoms with Gasteiger partial charge >= 0.3 is 5.56 Å². The first-order valence-corrected chi connectivity index (χ1v) is 4.15. The average molecular weight is 203 g/mol. The second-order valence-corrected chi connectivity index (χ2v) is 2.84. The molecule has 0 atom stereocenters. The van der Waals surface area contributed by atoms with Crippen LogP contribution in [0.3, 0.4) is 0 Å². The first-order valence-electron chi connectivity index (χ1n) is 4.15. The number of aromatic nitrogens is 5. The fourth-order valence-electron chi connectivity index (χ4n) is 1.35. The molecule has 8 heteroatoms. The van der Waals surface area contributed by atoms with E-state index in [1.54, 1.807) is 6.07 Å². The van der Waals surface area contributed by atoms with Crippen molar-refractivity contribution in [3.8, 4) is 5.69 Å². The number of anilines is 2. The molecule has 0 bridgehead atoms. The molecule has 2 aromatic heterocycles. The second-order valence-electron chi connectivity index (χ2n) is 2.84. The minimum absolute atomic E-state index is 0.297. The molecule has 1 aliphatic heterocycles. The summed E-state index contributed by atoms with van der Waals surface area (Å²) in [7, 11) is 0. The summed E-state index contributed by atoms with van der Waals surface area (Å²) in [5, 5.41) is 11.0. The Hall–Kier alpha value is -2.51. The fraction of sp³-hybridized carbons (Fsp3) is 0. The topological polar surface area (TPSA) is 97.6 Å². The lowest BCUT2D eigenvalue weighted by Crippen LogP contribution is -2.25. The van der Waals surface area contributed by atoms with Gasteiger partial charge in [-0.15, -0.1) is 5.10 Å². The molecule has 0 amide bonds. The molecule has 1 aliphatic rings. The average Bonchev–Trinajstić information content (AvgIpc) is 2.64. The summed E-state index contributed by atoms with van der Waals surface area (Å²) in [5.74, 6) is 0.508. The van der Waals surface area contributed by atoms with Crippen molar-refractivity contribution < 1.29 is 0 Å². The zero-order valence-electron chi connectivity index (χ0n) is 7.38. The lowest BCUT2D eigenvalue weighted by Gasteiger charge is -2.16. The van der Waals surface area contributed by atoms with Gasteiger partial charge < -0.3 is 0 Å². The summed E-state index contributed by atoms with van der Waals surface area (Å²) in [4.78, 5) is 15.4. The molecule has 2 aromatic rings. The van der Waals surface area contributed by atoms with Gasteiger partial charge in [-0.2, -0.15) is 19.9 Å². The molecule has 0 aliphatic carbocycles. The van der Waals surface area contributed by atoms with Crippen LogP contribution in [0.2, 0.25) is 0 Å². The van der Waals surface area contributed by atoms with Gasteiger partial charge in [0.05, 0.1) is 6.20 Å². The molecular formula is C7H5N7O. The van der Waals surface area contributed by atoms with E-state index in [1.165, 1.54) is 17.2 Å². The summed E-state index contributed by atoms with van der Waals surface area (Å²) in [5.41, 5.74) is 5.84. The number of fused-ring (bicyclic) bond motifs is 3. The predicted octanol–water partition coefficient (Wildman–Crippen LogP) is -0.830. The molecule has 15 heavy (non-hydrogen) atoms. The standard InChI is InChI=1S/C7H5N7O/c15-6-5-4(1-2-9-12-6)14-7(13-11-5)8-3-10-14/h1-3,11H,(H,8,10,13). The number of rotatable bonds is 0. The molecule has 3 rings (SSSR count). The Morgan fingerprint density at radius 3 is 3.20 bits per heavy atom. The number of nitrogens with zero attached hydrogens (tertiary/aromatic N) is 5. The predicted molar refractivity (Wildman–Crippen MR) is 50.5 cm³/mol. The summed E-state index contributed by atoms with van der Waals surface area (Å²) in [6.07, 6.45) is 2.82. The lowest BCUT2D eigenvalue weighted by molar-refractivity contribution is 0.869. The number of hydrogen-bond acceptors (Lipinski definition) is 7. The highest BCUT2D eigenvalue weighted by molar-refractivity contribution is 5.65. The van der Waals surface area contributed by atoms with E-state index in [1.807, 2.05) is 0 Å². The Kier molecular flexibility index (Phi) is 1.43. The Morgan fingerprint density at radius 1 is 1.33 bits per heavy atom. The van der Waals surface area contributed by atoms with Gasteiger partial charge in [-0.25, -0.2) is 0 Å². The van der Waals surface area contributed by atoms with Crippen LogP contribution in [0, 0.1) is 0 Å². The van der Waals surface area contributed by atoms with Crippen molar-refractivity contribution in [2.24, 2.45) is 0 Å². The number of hydrazine groups is 1. The summed E-state index contributed by atoms with van der Waals surface area (Å²) < 4.78 is 1.50. The first-order chi connectivity index (χ1) is 7.36. The Bertz CT molecular complexity index is 578. The first kappa shape index (κ1) is 7.85. The summed E-state index contributed by atoms with van der Waals surface area (Å²) in [6.45, 7) is 0. The van der Waals surface area contributed by atoms with E-state index < -0.39 is 5.56 Å². The molecule has 0 fully saturated rings. The van der Waals surface area contributed by atoms with Gasteiger partial charge in [-0.3, -0.25) is 15.6 Å². The van der Waals surface area contributed by atoms with Crippen molar-refractivity contribution in [1.29, 1.82) is 0 Å². The maximum atomic E-state index is 11.5. The van der Waals surface area contributed by atoms with Gasteiger partial charge in [0, 0.05) is 0 Å². The van der Waals surface area contributed by atoms with Crippen molar-refractivity contribution in [3.63, 3.8) is 0 Å². The third-order valence-electron chi connectivity index (χ3n) is 1.99. The van der Waals surface area contributed by atoms with Gasteiger partial charge in [-0.1, -0.05) is 0 Å². The van der Waals surface area contributed by atoms with Gasteiger partial charge in [0.25, 0.3) is 0 Å². The third-order valence-corrected chi connectivity index (χ3v) is 1.99. The van der Waals surface area contributed by atoms with Gasteiger partial charge in [0.15, 0.2) is 0 Å². The zero-order valence-corrected chi connectivity index (χ0v) is 7.38. The highest BCUT2D eigenvalue weighted by atomic mass is 16.1. The van der Waals surface area contributed by atoms with Crippen LogP contribution in [-0.4, -0.2) is 25.0 Å². The summed E-state index contributed by atoms with van der Waals surface area (Å²) >= 11 is 0. The molecule has 0 spiro atoms. The molecule has 74 valence electrons. The highest BCUT2D eigenvalue weighted by Gasteiger charge is 2.18. The van der Waals surface area contributed by atoms with Crippen molar-refractivity contribution in [2.75, 3.05) is 10.9 Å². The molecule has 0 saturated carbocycles. The van der Waals surface area contributed by atoms with E-state index in [0.29, 0.717) is 17.3 Å². The quantitative estimate of drug-likeness (QED) is 0.576. The minimum atomic E-state index is -0.455. The van der Waals surface area contributed by atoms with Gasteiger partial charge in [0.1, 0.15) is 17.7 Å². The van der Waals surface area contributed by atoms with Crippen molar-refractivity contribution in [3.05, 3.63) is 28.9 Å².